The molecule has 0 aromatic heterocycles. The van der Waals surface area contributed by atoms with E-state index in [1.165, 1.54) is 32.1 Å². The van der Waals surface area contributed by atoms with Crippen LogP contribution < -0.4 is 10.6 Å². The summed E-state index contributed by atoms with van der Waals surface area (Å²) < 4.78 is 0. The zero-order chi connectivity index (χ0) is 12.5. The Labute approximate surface area is 106 Å². The van der Waals surface area contributed by atoms with Gasteiger partial charge in [0.1, 0.15) is 0 Å². The minimum Gasteiger partial charge on any atom is -0.352 e. The average Bonchev–Trinajstić information content (AvgIpc) is 2.55. The third kappa shape index (κ3) is 6.67. The van der Waals surface area contributed by atoms with Crippen LogP contribution >= 0.6 is 0 Å². The Hall–Kier alpha value is -0.570. The summed E-state index contributed by atoms with van der Waals surface area (Å²) in [6.07, 6.45) is 9.83. The normalized spacial score (nSPS) is 19.6. The Balaban J connectivity index is 2.14. The Bertz CT molecular complexity index is 210. The van der Waals surface area contributed by atoms with Crippen LogP contribution in [0.4, 0.5) is 0 Å². The summed E-state index contributed by atoms with van der Waals surface area (Å²) >= 11 is 0. The van der Waals surface area contributed by atoms with Crippen molar-refractivity contribution in [3.8, 4) is 0 Å². The Morgan fingerprint density at radius 1 is 1.24 bits per heavy atom. The lowest BCUT2D eigenvalue weighted by Gasteiger charge is -2.18. The van der Waals surface area contributed by atoms with Crippen LogP contribution in [0, 0.1) is 0 Å². The fourth-order valence-corrected chi connectivity index (χ4v) is 2.50. The zero-order valence-corrected chi connectivity index (χ0v) is 11.4. The molecule has 1 atom stereocenters. The van der Waals surface area contributed by atoms with Crippen molar-refractivity contribution in [3.63, 3.8) is 0 Å². The summed E-state index contributed by atoms with van der Waals surface area (Å²) in [5, 5.41) is 6.43. The molecule has 1 saturated carbocycles. The number of amides is 1. The minimum atomic E-state index is 0.167. The smallest absolute Gasteiger partial charge is 0.234 e. The van der Waals surface area contributed by atoms with Crippen LogP contribution in [0.15, 0.2) is 0 Å². The molecule has 0 heterocycles. The van der Waals surface area contributed by atoms with E-state index in [4.69, 9.17) is 0 Å². The third-order valence-electron chi connectivity index (χ3n) is 3.55. The van der Waals surface area contributed by atoms with Crippen LogP contribution in [0.3, 0.4) is 0 Å². The van der Waals surface area contributed by atoms with Crippen LogP contribution in [-0.4, -0.2) is 24.5 Å². The van der Waals surface area contributed by atoms with E-state index in [1.54, 1.807) is 0 Å². The van der Waals surface area contributed by atoms with Crippen molar-refractivity contribution in [1.82, 2.24) is 10.6 Å². The van der Waals surface area contributed by atoms with Gasteiger partial charge in [0.25, 0.3) is 0 Å². The van der Waals surface area contributed by atoms with Gasteiger partial charge < -0.3 is 10.6 Å². The molecule has 100 valence electrons. The lowest BCUT2D eigenvalue weighted by molar-refractivity contribution is -0.121. The first kappa shape index (κ1) is 14.5. The van der Waals surface area contributed by atoms with Crippen molar-refractivity contribution in [2.75, 3.05) is 6.54 Å². The predicted octanol–water partition coefficient (Wildman–Crippen LogP) is 2.60. The lowest BCUT2D eigenvalue weighted by atomic mass is 10.1. The lowest BCUT2D eigenvalue weighted by Crippen LogP contribution is -2.42. The van der Waals surface area contributed by atoms with E-state index in [9.17, 15) is 4.79 Å². The number of hydrogen-bond acceptors (Lipinski definition) is 2. The molecule has 3 nitrogen and oxygen atoms in total. The molecule has 0 spiro atoms. The maximum absolute atomic E-state index is 11.8. The molecule has 2 N–H and O–H groups in total. The SMILES string of the molecule is CCCC(C)NCC(=O)NC1CCCCCC1. The van der Waals surface area contributed by atoms with Gasteiger partial charge in [0, 0.05) is 12.1 Å². The average molecular weight is 240 g/mol. The van der Waals surface area contributed by atoms with Gasteiger partial charge in [0.15, 0.2) is 0 Å². The summed E-state index contributed by atoms with van der Waals surface area (Å²) in [5.41, 5.74) is 0. The zero-order valence-electron chi connectivity index (χ0n) is 11.4. The molecule has 1 fully saturated rings. The first-order valence-corrected chi connectivity index (χ1v) is 7.25. The second kappa shape index (κ2) is 8.51. The fraction of sp³-hybridized carbons (Fsp3) is 0.929. The maximum atomic E-state index is 11.8. The van der Waals surface area contributed by atoms with Gasteiger partial charge in [-0.05, 0) is 26.2 Å². The van der Waals surface area contributed by atoms with E-state index in [-0.39, 0.29) is 5.91 Å². The molecule has 17 heavy (non-hydrogen) atoms. The van der Waals surface area contributed by atoms with Crippen LogP contribution in [0.1, 0.15) is 65.2 Å². The van der Waals surface area contributed by atoms with Crippen LogP contribution in [0.25, 0.3) is 0 Å². The quantitative estimate of drug-likeness (QED) is 0.701. The van der Waals surface area contributed by atoms with Gasteiger partial charge in [-0.3, -0.25) is 4.79 Å². The van der Waals surface area contributed by atoms with Gasteiger partial charge in [-0.2, -0.15) is 0 Å². The molecule has 1 aliphatic carbocycles. The van der Waals surface area contributed by atoms with Crippen molar-refractivity contribution in [3.05, 3.63) is 0 Å². The second-order valence-corrected chi connectivity index (χ2v) is 5.33. The highest BCUT2D eigenvalue weighted by atomic mass is 16.1. The molecule has 0 bridgehead atoms. The van der Waals surface area contributed by atoms with Gasteiger partial charge in [0.05, 0.1) is 6.54 Å². The van der Waals surface area contributed by atoms with E-state index in [1.807, 2.05) is 0 Å². The molecular weight excluding hydrogens is 212 g/mol. The Morgan fingerprint density at radius 2 is 1.88 bits per heavy atom. The van der Waals surface area contributed by atoms with Gasteiger partial charge in [-0.25, -0.2) is 0 Å². The van der Waals surface area contributed by atoms with Crippen molar-refractivity contribution in [1.29, 1.82) is 0 Å². The van der Waals surface area contributed by atoms with E-state index < -0.39 is 0 Å². The number of hydrogen-bond donors (Lipinski definition) is 2. The van der Waals surface area contributed by atoms with E-state index in [0.717, 1.165) is 19.3 Å². The molecule has 0 aliphatic heterocycles. The summed E-state index contributed by atoms with van der Waals surface area (Å²) in [6.45, 7) is 4.78. The molecule has 0 aromatic rings. The second-order valence-electron chi connectivity index (χ2n) is 5.33. The molecule has 0 saturated heterocycles. The largest absolute Gasteiger partial charge is 0.352 e. The summed E-state index contributed by atoms with van der Waals surface area (Å²) in [6, 6.07) is 0.869. The van der Waals surface area contributed by atoms with Crippen molar-refractivity contribution in [2.24, 2.45) is 0 Å². The topological polar surface area (TPSA) is 41.1 Å². The van der Waals surface area contributed by atoms with Crippen LogP contribution in [0.2, 0.25) is 0 Å². The number of carbonyl (C=O) groups excluding carboxylic acids is 1. The molecule has 1 amide bonds. The van der Waals surface area contributed by atoms with Crippen molar-refractivity contribution < 1.29 is 4.79 Å². The maximum Gasteiger partial charge on any atom is 0.234 e. The third-order valence-corrected chi connectivity index (χ3v) is 3.55. The van der Waals surface area contributed by atoms with Gasteiger partial charge >= 0.3 is 0 Å². The molecule has 1 unspecified atom stereocenters. The number of nitrogens with one attached hydrogen (secondary N) is 2. The molecule has 0 aromatic carbocycles. The highest BCUT2D eigenvalue weighted by Crippen LogP contribution is 2.16. The Kier molecular flexibility index (Phi) is 7.25. The first-order valence-electron chi connectivity index (χ1n) is 7.25. The molecule has 1 aliphatic rings. The predicted molar refractivity (Wildman–Crippen MR) is 72.0 cm³/mol. The molecule has 3 heteroatoms. The minimum absolute atomic E-state index is 0.167. The summed E-state index contributed by atoms with van der Waals surface area (Å²) in [7, 11) is 0. The standard InChI is InChI=1S/C14H28N2O/c1-3-8-12(2)15-11-14(17)16-13-9-6-4-5-7-10-13/h12-13,15H,3-11H2,1-2H3,(H,16,17). The number of carbonyl (C=O) groups is 1. The summed E-state index contributed by atoms with van der Waals surface area (Å²) in [4.78, 5) is 11.8. The van der Waals surface area contributed by atoms with Gasteiger partial charge in [-0.1, -0.05) is 39.0 Å². The molecule has 0 radical (unpaired) electrons. The van der Waals surface area contributed by atoms with E-state index in [0.29, 0.717) is 18.6 Å². The molecular formula is C14H28N2O. The number of rotatable bonds is 6. The summed E-state index contributed by atoms with van der Waals surface area (Å²) in [5.74, 6) is 0.167. The fourth-order valence-electron chi connectivity index (χ4n) is 2.50. The van der Waals surface area contributed by atoms with Crippen LogP contribution in [0.5, 0.6) is 0 Å². The first-order chi connectivity index (χ1) is 8.22. The van der Waals surface area contributed by atoms with Crippen molar-refractivity contribution >= 4 is 5.91 Å². The molecule has 1 rings (SSSR count). The van der Waals surface area contributed by atoms with E-state index in [2.05, 4.69) is 24.5 Å². The van der Waals surface area contributed by atoms with Crippen molar-refractivity contribution in [2.45, 2.75) is 77.3 Å². The Morgan fingerprint density at radius 3 is 2.47 bits per heavy atom. The van der Waals surface area contributed by atoms with Gasteiger partial charge in [-0.15, -0.1) is 0 Å². The highest BCUT2D eigenvalue weighted by molar-refractivity contribution is 5.78. The van der Waals surface area contributed by atoms with Gasteiger partial charge in [0.2, 0.25) is 5.91 Å². The monoisotopic (exact) mass is 240 g/mol. The van der Waals surface area contributed by atoms with E-state index >= 15 is 0 Å². The van der Waals surface area contributed by atoms with Crippen LogP contribution in [-0.2, 0) is 4.79 Å². The highest BCUT2D eigenvalue weighted by Gasteiger charge is 2.14.